The Morgan fingerprint density at radius 3 is 2.85 bits per heavy atom. The van der Waals surface area contributed by atoms with Gasteiger partial charge in [0.2, 0.25) is 0 Å². The van der Waals surface area contributed by atoms with Crippen LogP contribution in [-0.2, 0) is 11.3 Å². The second-order valence-corrected chi connectivity index (χ2v) is 6.91. The highest BCUT2D eigenvalue weighted by Gasteiger charge is 2.44. The first-order chi connectivity index (χ1) is 9.47. The summed E-state index contributed by atoms with van der Waals surface area (Å²) >= 11 is 4.94. The Labute approximate surface area is 130 Å². The number of amides is 2. The van der Waals surface area contributed by atoms with Crippen LogP contribution in [0, 0.1) is 5.41 Å². The summed E-state index contributed by atoms with van der Waals surface area (Å²) in [6.07, 6.45) is 1.07. The molecule has 7 heteroatoms. The number of urea groups is 1. The van der Waals surface area contributed by atoms with Crippen LogP contribution in [0.1, 0.15) is 24.6 Å². The number of carboxylic acids is 1. The zero-order chi connectivity index (χ0) is 14.8. The van der Waals surface area contributed by atoms with E-state index in [-0.39, 0.29) is 6.03 Å². The molecule has 0 bridgehead atoms. The lowest BCUT2D eigenvalue weighted by molar-refractivity contribution is -0.148. The van der Waals surface area contributed by atoms with Crippen molar-refractivity contribution in [1.29, 1.82) is 0 Å². The molecule has 2 N–H and O–H groups in total. The fourth-order valence-corrected chi connectivity index (χ4v) is 3.77. The van der Waals surface area contributed by atoms with Crippen molar-refractivity contribution >= 4 is 39.3 Å². The van der Waals surface area contributed by atoms with Crippen molar-refractivity contribution in [2.45, 2.75) is 26.3 Å². The van der Waals surface area contributed by atoms with E-state index in [1.165, 1.54) is 0 Å². The molecule has 1 aliphatic rings. The van der Waals surface area contributed by atoms with Crippen LogP contribution in [0.3, 0.4) is 0 Å². The Hall–Kier alpha value is -1.08. The van der Waals surface area contributed by atoms with E-state index in [1.54, 1.807) is 16.2 Å². The van der Waals surface area contributed by atoms with E-state index < -0.39 is 11.4 Å². The lowest BCUT2D eigenvalue weighted by Crippen LogP contribution is -2.41. The van der Waals surface area contributed by atoms with Gasteiger partial charge in [-0.2, -0.15) is 0 Å². The number of hydrogen-bond acceptors (Lipinski definition) is 3. The Morgan fingerprint density at radius 1 is 1.60 bits per heavy atom. The molecule has 2 rings (SSSR count). The molecule has 110 valence electrons. The Morgan fingerprint density at radius 2 is 2.35 bits per heavy atom. The third-order valence-electron chi connectivity index (χ3n) is 3.81. The molecular weight excluding hydrogens is 344 g/mol. The van der Waals surface area contributed by atoms with Gasteiger partial charge in [-0.25, -0.2) is 4.79 Å². The van der Waals surface area contributed by atoms with E-state index in [0.717, 1.165) is 9.35 Å². The summed E-state index contributed by atoms with van der Waals surface area (Å²) in [7, 11) is 0. The average Bonchev–Trinajstić information content (AvgIpc) is 3.03. The summed E-state index contributed by atoms with van der Waals surface area (Å²) in [5.74, 6) is -0.808. The van der Waals surface area contributed by atoms with Crippen LogP contribution in [0.25, 0.3) is 0 Å². The quantitative estimate of drug-likeness (QED) is 0.867. The van der Waals surface area contributed by atoms with E-state index in [9.17, 15) is 14.7 Å². The van der Waals surface area contributed by atoms with E-state index in [2.05, 4.69) is 21.2 Å². The molecule has 0 spiro atoms. The molecule has 0 radical (unpaired) electrons. The van der Waals surface area contributed by atoms with Gasteiger partial charge in [0.05, 0.1) is 12.0 Å². The predicted octanol–water partition coefficient (Wildman–Crippen LogP) is 2.91. The number of aliphatic carboxylic acids is 1. The van der Waals surface area contributed by atoms with Gasteiger partial charge in [0.15, 0.2) is 0 Å². The molecule has 2 amide bonds. The number of halogens is 1. The zero-order valence-electron chi connectivity index (χ0n) is 11.2. The molecule has 1 unspecified atom stereocenters. The van der Waals surface area contributed by atoms with Gasteiger partial charge >= 0.3 is 12.0 Å². The van der Waals surface area contributed by atoms with E-state index in [4.69, 9.17) is 0 Å². The highest BCUT2D eigenvalue weighted by molar-refractivity contribution is 9.10. The van der Waals surface area contributed by atoms with Crippen molar-refractivity contribution in [3.05, 3.63) is 20.8 Å². The van der Waals surface area contributed by atoms with E-state index >= 15 is 0 Å². The molecule has 1 fully saturated rings. The minimum Gasteiger partial charge on any atom is -0.481 e. The van der Waals surface area contributed by atoms with Gasteiger partial charge in [-0.05, 0) is 34.8 Å². The van der Waals surface area contributed by atoms with Crippen molar-refractivity contribution < 1.29 is 14.7 Å². The number of likely N-dealkylation sites (tertiary alicyclic amines) is 1. The maximum atomic E-state index is 12.1. The summed E-state index contributed by atoms with van der Waals surface area (Å²) in [5, 5.41) is 14.1. The van der Waals surface area contributed by atoms with Gasteiger partial charge in [-0.15, -0.1) is 11.3 Å². The first-order valence-electron chi connectivity index (χ1n) is 6.46. The molecule has 5 nitrogen and oxygen atoms in total. The summed E-state index contributed by atoms with van der Waals surface area (Å²) in [6, 6.07) is 1.77. The molecule has 1 saturated heterocycles. The number of carbonyl (C=O) groups is 2. The molecular formula is C13H17BrN2O3S. The van der Waals surface area contributed by atoms with Crippen LogP contribution < -0.4 is 5.32 Å². The number of carbonyl (C=O) groups excluding carboxylic acids is 1. The Kier molecular flexibility index (Phi) is 4.70. The fraction of sp³-hybridized carbons (Fsp3) is 0.538. The van der Waals surface area contributed by atoms with Gasteiger partial charge in [-0.3, -0.25) is 4.79 Å². The highest BCUT2D eigenvalue weighted by Crippen LogP contribution is 2.34. The van der Waals surface area contributed by atoms with E-state index in [0.29, 0.717) is 32.5 Å². The second kappa shape index (κ2) is 6.13. The maximum Gasteiger partial charge on any atom is 0.317 e. The molecule has 1 aromatic rings. The van der Waals surface area contributed by atoms with Gasteiger partial charge in [0.1, 0.15) is 0 Å². The molecule has 0 aliphatic carbocycles. The first-order valence-corrected chi connectivity index (χ1v) is 8.13. The summed E-state index contributed by atoms with van der Waals surface area (Å²) in [6.45, 7) is 3.12. The summed E-state index contributed by atoms with van der Waals surface area (Å²) < 4.78 is 1.00. The summed E-state index contributed by atoms with van der Waals surface area (Å²) in [4.78, 5) is 26.1. The molecule has 0 saturated carbocycles. The van der Waals surface area contributed by atoms with Crippen molar-refractivity contribution in [3.8, 4) is 0 Å². The van der Waals surface area contributed by atoms with Crippen LogP contribution >= 0.6 is 27.3 Å². The molecule has 0 aromatic carbocycles. The third kappa shape index (κ3) is 3.15. The summed E-state index contributed by atoms with van der Waals surface area (Å²) in [5.41, 5.74) is -0.775. The van der Waals surface area contributed by atoms with Crippen molar-refractivity contribution in [2.24, 2.45) is 5.41 Å². The number of carboxylic acid groups (broad SMARTS) is 1. The molecule has 1 aliphatic heterocycles. The lowest BCUT2D eigenvalue weighted by Gasteiger charge is -2.23. The van der Waals surface area contributed by atoms with Crippen LogP contribution in [0.15, 0.2) is 15.9 Å². The highest BCUT2D eigenvalue weighted by atomic mass is 79.9. The largest absolute Gasteiger partial charge is 0.481 e. The minimum absolute atomic E-state index is 0.189. The average molecular weight is 361 g/mol. The van der Waals surface area contributed by atoms with Crippen molar-refractivity contribution in [3.63, 3.8) is 0 Å². The van der Waals surface area contributed by atoms with E-state index in [1.807, 2.05) is 18.4 Å². The van der Waals surface area contributed by atoms with Gasteiger partial charge < -0.3 is 15.3 Å². The molecule has 20 heavy (non-hydrogen) atoms. The first kappa shape index (κ1) is 15.3. The topological polar surface area (TPSA) is 69.6 Å². The number of nitrogens with one attached hydrogen (secondary N) is 1. The van der Waals surface area contributed by atoms with Crippen LogP contribution in [0.2, 0.25) is 0 Å². The van der Waals surface area contributed by atoms with Gasteiger partial charge in [0.25, 0.3) is 0 Å². The number of nitrogens with zero attached hydrogens (tertiary/aromatic N) is 1. The minimum atomic E-state index is -0.808. The fourth-order valence-electron chi connectivity index (χ4n) is 2.38. The predicted molar refractivity (Wildman–Crippen MR) is 80.8 cm³/mol. The van der Waals surface area contributed by atoms with Crippen molar-refractivity contribution in [2.75, 3.05) is 13.1 Å². The smallest absolute Gasteiger partial charge is 0.317 e. The SMILES string of the molecule is CCC1(C(=O)O)CCN(C(=O)NCc2cc(Br)cs2)C1. The van der Waals surface area contributed by atoms with Crippen LogP contribution in [-0.4, -0.2) is 35.1 Å². The monoisotopic (exact) mass is 360 g/mol. The zero-order valence-corrected chi connectivity index (χ0v) is 13.6. The third-order valence-corrected chi connectivity index (χ3v) is 5.50. The molecule has 2 heterocycles. The molecule has 1 atom stereocenters. The van der Waals surface area contributed by atoms with Crippen LogP contribution in [0.4, 0.5) is 4.79 Å². The van der Waals surface area contributed by atoms with Crippen LogP contribution in [0.5, 0.6) is 0 Å². The number of rotatable bonds is 4. The number of hydrogen-bond donors (Lipinski definition) is 2. The number of thiophene rings is 1. The van der Waals surface area contributed by atoms with Gasteiger partial charge in [-0.1, -0.05) is 6.92 Å². The lowest BCUT2D eigenvalue weighted by atomic mass is 9.84. The Balaban J connectivity index is 1.90. The normalized spacial score (nSPS) is 22.0. The maximum absolute atomic E-state index is 12.1. The van der Waals surface area contributed by atoms with Gasteiger partial charge in [0, 0.05) is 27.8 Å². The van der Waals surface area contributed by atoms with Crippen molar-refractivity contribution in [1.82, 2.24) is 10.2 Å². The Bertz CT molecular complexity index is 519. The molecule has 1 aromatic heterocycles. The standard InChI is InChI=1S/C13H17BrN2O3S/c1-2-13(11(17)18)3-4-16(8-13)12(19)15-6-10-5-9(14)7-20-10/h5,7H,2-4,6,8H2,1H3,(H,15,19)(H,17,18). The second-order valence-electron chi connectivity index (χ2n) is 5.00.